The molecule has 1 fully saturated rings. The first-order chi connectivity index (χ1) is 7.27. The molecule has 0 saturated carbocycles. The third-order valence-corrected chi connectivity index (χ3v) is 3.68. The van der Waals surface area contributed by atoms with E-state index in [0.29, 0.717) is 0 Å². The first-order valence-electron chi connectivity index (χ1n) is 4.90. The van der Waals surface area contributed by atoms with Crippen LogP contribution in [-0.4, -0.2) is 51.3 Å². The van der Waals surface area contributed by atoms with Gasteiger partial charge in [-0.15, -0.1) is 0 Å². The van der Waals surface area contributed by atoms with Gasteiger partial charge in [-0.1, -0.05) is 0 Å². The fourth-order valence-corrected chi connectivity index (χ4v) is 2.34. The number of halogens is 1. The second-order valence-corrected chi connectivity index (χ2v) is 4.66. The van der Waals surface area contributed by atoms with E-state index < -0.39 is 0 Å². The van der Waals surface area contributed by atoms with Crippen molar-refractivity contribution in [1.82, 2.24) is 4.90 Å². The Morgan fingerprint density at radius 2 is 1.80 bits per heavy atom. The number of ether oxygens (including phenoxy) is 1. The van der Waals surface area contributed by atoms with Crippen molar-refractivity contribution in [2.24, 2.45) is 0 Å². The summed E-state index contributed by atoms with van der Waals surface area (Å²) in [7, 11) is 0. The van der Waals surface area contributed by atoms with Crippen LogP contribution in [0.1, 0.15) is 5.56 Å². The van der Waals surface area contributed by atoms with Crippen molar-refractivity contribution >= 4 is 31.7 Å². The van der Waals surface area contributed by atoms with Crippen molar-refractivity contribution in [1.29, 1.82) is 0 Å². The fraction of sp³-hybridized carbons (Fsp3) is 0.364. The van der Waals surface area contributed by atoms with E-state index in [9.17, 15) is 0 Å². The molecule has 1 aromatic carbocycles. The van der Waals surface area contributed by atoms with Gasteiger partial charge in [0.15, 0.2) is 0 Å². The zero-order valence-corrected chi connectivity index (χ0v) is 10.7. The van der Waals surface area contributed by atoms with Gasteiger partial charge in [0.25, 0.3) is 0 Å². The van der Waals surface area contributed by atoms with Crippen LogP contribution in [0.15, 0.2) is 24.3 Å². The van der Waals surface area contributed by atoms with Crippen molar-refractivity contribution in [3.05, 3.63) is 34.9 Å². The Balaban J connectivity index is 2.09. The zero-order valence-electron chi connectivity index (χ0n) is 8.28. The molecule has 0 spiro atoms. The minimum atomic E-state index is 0.772. The van der Waals surface area contributed by atoms with E-state index in [4.69, 9.17) is 16.3 Å². The number of nitrogens with zero attached hydrogens (tertiary/aromatic N) is 1. The van der Waals surface area contributed by atoms with Gasteiger partial charge in [-0.3, -0.25) is 0 Å². The van der Waals surface area contributed by atoms with Crippen LogP contribution in [0.3, 0.4) is 0 Å². The standard InChI is InChI=1S/C11H12ClNOSe/c12-10-3-1-9(2-4-10)11(15)13-5-7-14-8-6-13/h1-4H,5-8H2. The van der Waals surface area contributed by atoms with Crippen molar-refractivity contribution in [3.8, 4) is 0 Å². The summed E-state index contributed by atoms with van der Waals surface area (Å²) in [6.45, 7) is 3.51. The van der Waals surface area contributed by atoms with Gasteiger partial charge in [0, 0.05) is 0 Å². The van der Waals surface area contributed by atoms with Crippen molar-refractivity contribution < 1.29 is 4.74 Å². The van der Waals surface area contributed by atoms with Crippen molar-refractivity contribution in [3.63, 3.8) is 0 Å². The summed E-state index contributed by atoms with van der Waals surface area (Å²) < 4.78 is 6.49. The topological polar surface area (TPSA) is 12.5 Å². The molecule has 0 bridgehead atoms. The predicted molar refractivity (Wildman–Crippen MR) is 63.7 cm³/mol. The first-order valence-corrected chi connectivity index (χ1v) is 6.13. The summed E-state index contributed by atoms with van der Waals surface area (Å²) in [6.07, 6.45) is 0. The van der Waals surface area contributed by atoms with Gasteiger partial charge in [-0.25, -0.2) is 0 Å². The molecule has 0 unspecified atom stereocenters. The molecule has 1 saturated heterocycles. The molecule has 1 aromatic rings. The van der Waals surface area contributed by atoms with E-state index in [1.807, 2.05) is 24.3 Å². The van der Waals surface area contributed by atoms with E-state index in [0.717, 1.165) is 31.3 Å². The number of hydrogen-bond acceptors (Lipinski definition) is 2. The Morgan fingerprint density at radius 1 is 1.20 bits per heavy atom. The number of benzene rings is 1. The molecule has 2 nitrogen and oxygen atoms in total. The quantitative estimate of drug-likeness (QED) is 0.761. The zero-order chi connectivity index (χ0) is 10.7. The van der Waals surface area contributed by atoms with Crippen LogP contribution in [0, 0.1) is 0 Å². The molecular weight excluding hydrogens is 277 g/mol. The summed E-state index contributed by atoms with van der Waals surface area (Å²) >= 11 is 8.98. The van der Waals surface area contributed by atoms with E-state index in [2.05, 4.69) is 20.5 Å². The Kier molecular flexibility index (Phi) is 3.81. The van der Waals surface area contributed by atoms with E-state index in [1.54, 1.807) is 0 Å². The first kappa shape index (κ1) is 11.2. The summed E-state index contributed by atoms with van der Waals surface area (Å²) in [5.41, 5.74) is 1.18. The van der Waals surface area contributed by atoms with Gasteiger partial charge < -0.3 is 0 Å². The van der Waals surface area contributed by atoms with Gasteiger partial charge in [-0.05, 0) is 0 Å². The van der Waals surface area contributed by atoms with Crippen LogP contribution in [0.25, 0.3) is 0 Å². The minimum absolute atomic E-state index is 0.772. The number of morpholine rings is 1. The van der Waals surface area contributed by atoms with Gasteiger partial charge >= 0.3 is 103 Å². The number of rotatable bonds is 2. The van der Waals surface area contributed by atoms with Crippen LogP contribution in [0.2, 0.25) is 5.02 Å². The summed E-state index contributed by atoms with van der Waals surface area (Å²) in [4.78, 5) is 2.30. The van der Waals surface area contributed by atoms with E-state index in [-0.39, 0.29) is 0 Å². The summed E-state index contributed by atoms with van der Waals surface area (Å²) in [6, 6.07) is 7.89. The normalized spacial score (nSPS) is 16.5. The molecule has 0 aliphatic carbocycles. The molecule has 1 aliphatic rings. The Labute approximate surface area is 103 Å². The molecule has 0 aromatic heterocycles. The van der Waals surface area contributed by atoms with Gasteiger partial charge in [-0.2, -0.15) is 0 Å². The van der Waals surface area contributed by atoms with Crippen molar-refractivity contribution in [2.45, 2.75) is 0 Å². The molecule has 1 heterocycles. The maximum absolute atomic E-state index is 5.85. The monoisotopic (exact) mass is 289 g/mol. The SMILES string of the molecule is Clc1ccc(C(=[Se])N2CCOCC2)cc1. The van der Waals surface area contributed by atoms with Gasteiger partial charge in [0.2, 0.25) is 0 Å². The third-order valence-electron chi connectivity index (χ3n) is 2.39. The second-order valence-electron chi connectivity index (χ2n) is 3.41. The molecule has 0 amide bonds. The average molecular weight is 289 g/mol. The molecule has 0 N–H and O–H groups in total. The van der Waals surface area contributed by atoms with Crippen LogP contribution < -0.4 is 0 Å². The van der Waals surface area contributed by atoms with Crippen LogP contribution >= 0.6 is 11.6 Å². The maximum atomic E-state index is 5.85. The van der Waals surface area contributed by atoms with Crippen LogP contribution in [0.4, 0.5) is 0 Å². The number of hydrogen-bond donors (Lipinski definition) is 0. The molecule has 15 heavy (non-hydrogen) atoms. The van der Waals surface area contributed by atoms with Gasteiger partial charge in [0.05, 0.1) is 0 Å². The fourth-order valence-electron chi connectivity index (χ4n) is 1.54. The molecule has 0 radical (unpaired) electrons. The molecule has 1 aliphatic heterocycles. The Hall–Kier alpha value is -0.341. The molecule has 2 rings (SSSR count). The molecular formula is C11H12ClNOSe. The van der Waals surface area contributed by atoms with Gasteiger partial charge in [0.1, 0.15) is 0 Å². The van der Waals surface area contributed by atoms with Crippen LogP contribution in [0.5, 0.6) is 0 Å². The molecule has 0 atom stereocenters. The molecule has 80 valence electrons. The summed E-state index contributed by atoms with van der Waals surface area (Å²) in [5.74, 6) is 0. The average Bonchev–Trinajstić information content (AvgIpc) is 2.30. The van der Waals surface area contributed by atoms with Crippen LogP contribution in [-0.2, 0) is 4.74 Å². The van der Waals surface area contributed by atoms with E-state index >= 15 is 0 Å². The third kappa shape index (κ3) is 2.82. The predicted octanol–water partition coefficient (Wildman–Crippen LogP) is 1.32. The Bertz CT molecular complexity index is 346. The molecule has 4 heteroatoms. The summed E-state index contributed by atoms with van der Waals surface area (Å²) in [5, 5.41) is 0.772. The Morgan fingerprint density at radius 3 is 2.40 bits per heavy atom. The second kappa shape index (κ2) is 5.13. The van der Waals surface area contributed by atoms with Crippen molar-refractivity contribution in [2.75, 3.05) is 26.3 Å². The van der Waals surface area contributed by atoms with E-state index in [1.165, 1.54) is 10.1 Å².